The summed E-state index contributed by atoms with van der Waals surface area (Å²) in [5.74, 6) is 0.286. The molecule has 0 amide bonds. The summed E-state index contributed by atoms with van der Waals surface area (Å²) in [6, 6.07) is 5.37. The van der Waals surface area contributed by atoms with E-state index in [-0.39, 0.29) is 30.0 Å². The number of unbranched alkanes of at least 4 members (excludes halogenated alkanes) is 2. The number of hydrogen-bond donors (Lipinski definition) is 5. The number of aromatic hydroxyl groups is 1. The van der Waals surface area contributed by atoms with E-state index in [0.29, 0.717) is 38.0 Å². The minimum Gasteiger partial charge on any atom is -0.504 e. The van der Waals surface area contributed by atoms with Crippen molar-refractivity contribution < 1.29 is 29.6 Å². The van der Waals surface area contributed by atoms with E-state index in [0.717, 1.165) is 57.3 Å². The van der Waals surface area contributed by atoms with Crippen LogP contribution in [-0.2, 0) is 16.0 Å². The lowest BCUT2D eigenvalue weighted by Crippen LogP contribution is -2.34. The van der Waals surface area contributed by atoms with Gasteiger partial charge < -0.3 is 35.4 Å². The number of aliphatic hydroxyl groups is 2. The zero-order valence-corrected chi connectivity index (χ0v) is 20.8. The number of carbonyl (C=O) groups excluding carboxylic acids is 1. The molecule has 1 aromatic rings. The number of aliphatic hydroxyl groups excluding tert-OH is 2. The number of ether oxygens (including phenoxy) is 2. The summed E-state index contributed by atoms with van der Waals surface area (Å²) in [4.78, 5) is 11.6. The fraction of sp³-hybridized carbons (Fsp3) is 0.731. The van der Waals surface area contributed by atoms with E-state index in [9.17, 15) is 20.1 Å². The maximum Gasteiger partial charge on any atom is 0.302 e. The van der Waals surface area contributed by atoms with Crippen molar-refractivity contribution in [1.82, 2.24) is 10.6 Å². The highest BCUT2D eigenvalue weighted by Gasteiger charge is 2.19. The Morgan fingerprint density at radius 3 is 2.65 bits per heavy atom. The van der Waals surface area contributed by atoms with Gasteiger partial charge in [-0.05, 0) is 82.8 Å². The molecule has 0 bridgehead atoms. The Balaban J connectivity index is 1.77. The molecule has 5 N–H and O–H groups in total. The minimum atomic E-state index is -0.520. The third-order valence-electron chi connectivity index (χ3n) is 6.06. The van der Waals surface area contributed by atoms with Crippen molar-refractivity contribution in [3.05, 3.63) is 23.8 Å². The standard InChI is InChI=1S/C26H44N2O6/c1-19(29)18-28-13-5-3-4-6-22(31)17-24(33-20(2)30)9-7-21-8-10-25(32)26(16-21)34-23-11-14-27-15-12-23/h8,10,16,19,22-24,27-29,31-32H,3-7,9,11-15,17-18H2,1-2H3. The van der Waals surface area contributed by atoms with E-state index in [2.05, 4.69) is 10.6 Å². The zero-order valence-electron chi connectivity index (χ0n) is 20.8. The Kier molecular flexibility index (Phi) is 13.3. The molecule has 3 unspecified atom stereocenters. The number of hydrogen-bond acceptors (Lipinski definition) is 8. The second kappa shape index (κ2) is 15.9. The van der Waals surface area contributed by atoms with Crippen LogP contribution < -0.4 is 15.4 Å². The molecule has 8 nitrogen and oxygen atoms in total. The van der Waals surface area contributed by atoms with Crippen molar-refractivity contribution in [3.63, 3.8) is 0 Å². The number of phenols is 1. The van der Waals surface area contributed by atoms with E-state index in [4.69, 9.17) is 9.47 Å². The van der Waals surface area contributed by atoms with Crippen LogP contribution in [-0.4, -0.2) is 71.9 Å². The van der Waals surface area contributed by atoms with E-state index in [1.54, 1.807) is 13.0 Å². The molecular formula is C26H44N2O6. The molecule has 194 valence electrons. The number of piperidine rings is 1. The van der Waals surface area contributed by atoms with Crippen molar-refractivity contribution in [1.29, 1.82) is 0 Å². The van der Waals surface area contributed by atoms with Gasteiger partial charge >= 0.3 is 5.97 Å². The summed E-state index contributed by atoms with van der Waals surface area (Å²) in [6.07, 6.45) is 5.93. The molecule has 0 radical (unpaired) electrons. The van der Waals surface area contributed by atoms with Crippen LogP contribution in [0.25, 0.3) is 0 Å². The van der Waals surface area contributed by atoms with Crippen LogP contribution in [0.4, 0.5) is 0 Å². The van der Waals surface area contributed by atoms with Crippen LogP contribution >= 0.6 is 0 Å². The lowest BCUT2D eigenvalue weighted by molar-refractivity contribution is -0.148. The van der Waals surface area contributed by atoms with Gasteiger partial charge in [0.15, 0.2) is 11.5 Å². The predicted molar refractivity (Wildman–Crippen MR) is 132 cm³/mol. The number of carbonyl (C=O) groups is 1. The number of benzene rings is 1. The summed E-state index contributed by atoms with van der Waals surface area (Å²) >= 11 is 0. The number of rotatable bonds is 16. The van der Waals surface area contributed by atoms with Gasteiger partial charge in [0.25, 0.3) is 0 Å². The van der Waals surface area contributed by atoms with E-state index < -0.39 is 6.10 Å². The van der Waals surface area contributed by atoms with Crippen molar-refractivity contribution in [3.8, 4) is 11.5 Å². The molecule has 1 aliphatic rings. The smallest absolute Gasteiger partial charge is 0.302 e. The third kappa shape index (κ3) is 12.0. The lowest BCUT2D eigenvalue weighted by atomic mass is 9.99. The van der Waals surface area contributed by atoms with Gasteiger partial charge in [0.05, 0.1) is 12.2 Å². The molecule has 0 spiro atoms. The molecule has 0 aliphatic carbocycles. The van der Waals surface area contributed by atoms with Gasteiger partial charge in [-0.1, -0.05) is 18.9 Å². The normalized spacial score (nSPS) is 17.2. The first-order valence-corrected chi connectivity index (χ1v) is 12.8. The Hall–Kier alpha value is -1.87. The summed E-state index contributed by atoms with van der Waals surface area (Å²) in [5.41, 5.74) is 0.998. The van der Waals surface area contributed by atoms with Crippen LogP contribution in [0.3, 0.4) is 0 Å². The van der Waals surface area contributed by atoms with Gasteiger partial charge in [0.1, 0.15) is 12.2 Å². The highest BCUT2D eigenvalue weighted by Crippen LogP contribution is 2.30. The molecule has 8 heteroatoms. The van der Waals surface area contributed by atoms with Gasteiger partial charge in [-0.3, -0.25) is 4.79 Å². The summed E-state index contributed by atoms with van der Waals surface area (Å²) < 4.78 is 11.5. The molecular weight excluding hydrogens is 436 g/mol. The minimum absolute atomic E-state index is 0.0976. The quantitative estimate of drug-likeness (QED) is 0.181. The van der Waals surface area contributed by atoms with Gasteiger partial charge in [-0.15, -0.1) is 0 Å². The highest BCUT2D eigenvalue weighted by atomic mass is 16.5. The summed E-state index contributed by atoms with van der Waals surface area (Å²) in [7, 11) is 0. The van der Waals surface area contributed by atoms with Crippen molar-refractivity contribution in [2.75, 3.05) is 26.2 Å². The number of nitrogens with one attached hydrogen (secondary N) is 2. The molecule has 3 atom stereocenters. The van der Waals surface area contributed by atoms with Crippen molar-refractivity contribution >= 4 is 5.97 Å². The average molecular weight is 481 g/mol. The molecule has 1 aromatic carbocycles. The largest absolute Gasteiger partial charge is 0.504 e. The first-order valence-electron chi connectivity index (χ1n) is 12.8. The maximum atomic E-state index is 11.6. The highest BCUT2D eigenvalue weighted by molar-refractivity contribution is 5.66. The lowest BCUT2D eigenvalue weighted by Gasteiger charge is -2.24. The Morgan fingerprint density at radius 1 is 1.18 bits per heavy atom. The molecule has 2 rings (SSSR count). The Morgan fingerprint density at radius 2 is 1.94 bits per heavy atom. The first kappa shape index (κ1) is 28.4. The fourth-order valence-corrected chi connectivity index (χ4v) is 4.23. The van der Waals surface area contributed by atoms with Gasteiger partial charge in [0, 0.05) is 19.9 Å². The van der Waals surface area contributed by atoms with E-state index in [1.807, 2.05) is 12.1 Å². The first-order chi connectivity index (χ1) is 16.3. The molecule has 1 heterocycles. The Labute approximate surface area is 204 Å². The van der Waals surface area contributed by atoms with E-state index >= 15 is 0 Å². The van der Waals surface area contributed by atoms with Crippen LogP contribution in [0.5, 0.6) is 11.5 Å². The summed E-state index contributed by atoms with van der Waals surface area (Å²) in [5, 5.41) is 36.4. The van der Waals surface area contributed by atoms with Gasteiger partial charge in [-0.2, -0.15) is 0 Å². The van der Waals surface area contributed by atoms with Crippen molar-refractivity contribution in [2.24, 2.45) is 0 Å². The number of phenolic OH excluding ortho intramolecular Hbond substituents is 1. The van der Waals surface area contributed by atoms with Gasteiger partial charge in [0.2, 0.25) is 0 Å². The molecule has 1 fully saturated rings. The molecule has 0 saturated carbocycles. The van der Waals surface area contributed by atoms with Crippen LogP contribution in [0.15, 0.2) is 18.2 Å². The van der Waals surface area contributed by atoms with Gasteiger partial charge in [-0.25, -0.2) is 0 Å². The van der Waals surface area contributed by atoms with Crippen LogP contribution in [0.2, 0.25) is 0 Å². The average Bonchev–Trinajstić information content (AvgIpc) is 2.79. The number of esters is 1. The molecule has 34 heavy (non-hydrogen) atoms. The third-order valence-corrected chi connectivity index (χ3v) is 6.06. The molecule has 1 saturated heterocycles. The Bertz CT molecular complexity index is 709. The molecule has 1 aliphatic heterocycles. The van der Waals surface area contributed by atoms with E-state index in [1.165, 1.54) is 6.92 Å². The van der Waals surface area contributed by atoms with Crippen LogP contribution in [0.1, 0.15) is 70.8 Å². The molecule has 0 aromatic heterocycles. The zero-order chi connectivity index (χ0) is 24.8. The van der Waals surface area contributed by atoms with Crippen molar-refractivity contribution in [2.45, 2.75) is 96.1 Å². The maximum absolute atomic E-state index is 11.6. The second-order valence-electron chi connectivity index (χ2n) is 9.43. The SMILES string of the molecule is CC(=O)OC(CCc1ccc(O)c(OC2CCNCC2)c1)CC(O)CCCCCNCC(C)O. The fourth-order valence-electron chi connectivity index (χ4n) is 4.23. The predicted octanol–water partition coefficient (Wildman–Crippen LogP) is 2.67. The summed E-state index contributed by atoms with van der Waals surface area (Å²) in [6.45, 7) is 6.43. The second-order valence-corrected chi connectivity index (χ2v) is 9.43. The monoisotopic (exact) mass is 480 g/mol. The topological polar surface area (TPSA) is 120 Å². The van der Waals surface area contributed by atoms with Crippen LogP contribution in [0, 0.1) is 0 Å². The number of aryl methyl sites for hydroxylation is 1.